The lowest BCUT2D eigenvalue weighted by Gasteiger charge is -2.21. The second kappa shape index (κ2) is 8.58. The first-order valence-corrected chi connectivity index (χ1v) is 8.45. The fourth-order valence-electron chi connectivity index (χ4n) is 1.97. The summed E-state index contributed by atoms with van der Waals surface area (Å²) < 4.78 is 38.8. The van der Waals surface area contributed by atoms with Crippen LogP contribution in [0.5, 0.6) is 0 Å². The van der Waals surface area contributed by atoms with E-state index in [1.807, 2.05) is 25.1 Å². The van der Waals surface area contributed by atoms with Gasteiger partial charge in [0.05, 0.1) is 0 Å². The van der Waals surface area contributed by atoms with Crippen LogP contribution < -0.4 is 5.32 Å². The van der Waals surface area contributed by atoms with E-state index in [1.54, 1.807) is 0 Å². The number of benzene rings is 1. The normalized spacial score (nSPS) is 13.5. The van der Waals surface area contributed by atoms with E-state index < -0.39 is 12.6 Å². The smallest absolute Gasteiger partial charge is 0.310 e. The first-order valence-electron chi connectivity index (χ1n) is 6.58. The third kappa shape index (κ3) is 6.76. The van der Waals surface area contributed by atoms with Crippen molar-refractivity contribution in [1.29, 1.82) is 0 Å². The van der Waals surface area contributed by atoms with E-state index in [0.717, 1.165) is 26.6 Å². The quantitative estimate of drug-likeness (QED) is 0.502. The number of hydrogen-bond donors (Lipinski definition) is 1. The van der Waals surface area contributed by atoms with Crippen molar-refractivity contribution >= 4 is 38.5 Å². The van der Waals surface area contributed by atoms with Gasteiger partial charge >= 0.3 is 6.18 Å². The molecule has 0 aliphatic carbocycles. The van der Waals surface area contributed by atoms with E-state index in [1.165, 1.54) is 0 Å². The van der Waals surface area contributed by atoms with Crippen molar-refractivity contribution in [3.63, 3.8) is 0 Å². The van der Waals surface area contributed by atoms with Gasteiger partial charge in [-0.25, -0.2) is 0 Å². The molecule has 6 heteroatoms. The molecular formula is C14H18BrF3IN. The Labute approximate surface area is 140 Å². The highest BCUT2D eigenvalue weighted by molar-refractivity contribution is 14.1. The van der Waals surface area contributed by atoms with Crippen LogP contribution in [0, 0.1) is 3.57 Å². The minimum absolute atomic E-state index is 0.0262. The summed E-state index contributed by atoms with van der Waals surface area (Å²) in [6.45, 7) is 2.85. The van der Waals surface area contributed by atoms with E-state index in [4.69, 9.17) is 0 Å². The van der Waals surface area contributed by atoms with Crippen LogP contribution in [0.25, 0.3) is 0 Å². The van der Waals surface area contributed by atoms with E-state index in [0.29, 0.717) is 6.42 Å². The van der Waals surface area contributed by atoms with Gasteiger partial charge in [-0.3, -0.25) is 0 Å². The third-order valence-electron chi connectivity index (χ3n) is 2.93. The molecule has 1 N–H and O–H groups in total. The standard InChI is InChI=1S/C14H18BrF3IN/c1-2-8-20-13(4-3-7-14(16,17)18)11-9-10(15)5-6-12(11)19/h5-6,9,13,20H,2-4,7-8H2,1H3. The highest BCUT2D eigenvalue weighted by Crippen LogP contribution is 2.30. The minimum Gasteiger partial charge on any atom is -0.310 e. The average Bonchev–Trinajstić information content (AvgIpc) is 2.35. The van der Waals surface area contributed by atoms with Crippen LogP contribution in [-0.2, 0) is 0 Å². The summed E-state index contributed by atoms with van der Waals surface area (Å²) in [5, 5.41) is 3.35. The van der Waals surface area contributed by atoms with E-state index in [-0.39, 0.29) is 12.5 Å². The van der Waals surface area contributed by atoms with Crippen LogP contribution in [0.15, 0.2) is 22.7 Å². The molecule has 0 spiro atoms. The van der Waals surface area contributed by atoms with Gasteiger partial charge in [-0.2, -0.15) is 13.2 Å². The Morgan fingerprint density at radius 1 is 1.35 bits per heavy atom. The summed E-state index contributed by atoms with van der Waals surface area (Å²) in [7, 11) is 0. The summed E-state index contributed by atoms with van der Waals surface area (Å²) in [4.78, 5) is 0. The van der Waals surface area contributed by atoms with Crippen LogP contribution in [0.1, 0.15) is 44.2 Å². The molecule has 0 radical (unpaired) electrons. The summed E-state index contributed by atoms with van der Waals surface area (Å²) in [6, 6.07) is 5.88. The van der Waals surface area contributed by atoms with Gasteiger partial charge in [0.15, 0.2) is 0 Å². The lowest BCUT2D eigenvalue weighted by atomic mass is 10.0. The van der Waals surface area contributed by atoms with E-state index in [9.17, 15) is 13.2 Å². The molecule has 0 aliphatic rings. The predicted octanol–water partition coefficient (Wildman–Crippen LogP) is 5.83. The van der Waals surface area contributed by atoms with Crippen LogP contribution >= 0.6 is 38.5 Å². The first kappa shape index (κ1) is 18.2. The number of nitrogens with one attached hydrogen (secondary N) is 1. The zero-order valence-corrected chi connectivity index (χ0v) is 15.0. The van der Waals surface area contributed by atoms with Crippen molar-refractivity contribution in [2.24, 2.45) is 0 Å². The van der Waals surface area contributed by atoms with Crippen LogP contribution in [-0.4, -0.2) is 12.7 Å². The predicted molar refractivity (Wildman–Crippen MR) is 87.8 cm³/mol. The SMILES string of the molecule is CCCNC(CCCC(F)(F)F)c1cc(Br)ccc1I. The molecule has 20 heavy (non-hydrogen) atoms. The molecule has 114 valence electrons. The molecule has 0 saturated carbocycles. The molecule has 1 aromatic rings. The molecule has 0 bridgehead atoms. The molecule has 1 unspecified atom stereocenters. The maximum Gasteiger partial charge on any atom is 0.389 e. The monoisotopic (exact) mass is 463 g/mol. The van der Waals surface area contributed by atoms with Crippen LogP contribution in [0.2, 0.25) is 0 Å². The summed E-state index contributed by atoms with van der Waals surface area (Å²) in [5.41, 5.74) is 1.07. The lowest BCUT2D eigenvalue weighted by molar-refractivity contribution is -0.135. The van der Waals surface area contributed by atoms with Crippen molar-refractivity contribution in [2.45, 2.75) is 44.8 Å². The Morgan fingerprint density at radius 3 is 2.65 bits per heavy atom. The first-order chi connectivity index (χ1) is 9.33. The molecular weight excluding hydrogens is 446 g/mol. The molecule has 0 aliphatic heterocycles. The lowest BCUT2D eigenvalue weighted by Crippen LogP contribution is -2.23. The number of halogens is 5. The Morgan fingerprint density at radius 2 is 2.05 bits per heavy atom. The van der Waals surface area contributed by atoms with Gasteiger partial charge in [-0.15, -0.1) is 0 Å². The average molecular weight is 464 g/mol. The fourth-order valence-corrected chi connectivity index (χ4v) is 3.06. The Hall–Kier alpha value is 0.180. The van der Waals surface area contributed by atoms with Crippen molar-refractivity contribution in [1.82, 2.24) is 5.32 Å². The van der Waals surface area contributed by atoms with Gasteiger partial charge < -0.3 is 5.32 Å². The van der Waals surface area contributed by atoms with Crippen LogP contribution in [0.3, 0.4) is 0 Å². The number of alkyl halides is 3. The molecule has 0 fully saturated rings. The largest absolute Gasteiger partial charge is 0.389 e. The van der Waals surface area contributed by atoms with Crippen LogP contribution in [0.4, 0.5) is 13.2 Å². The highest BCUT2D eigenvalue weighted by Gasteiger charge is 2.27. The van der Waals surface area contributed by atoms with Crippen molar-refractivity contribution < 1.29 is 13.2 Å². The zero-order valence-electron chi connectivity index (χ0n) is 11.2. The maximum atomic E-state index is 12.3. The molecule has 1 aromatic carbocycles. The Bertz CT molecular complexity index is 423. The topological polar surface area (TPSA) is 12.0 Å². The van der Waals surface area contributed by atoms with Gasteiger partial charge in [-0.1, -0.05) is 22.9 Å². The summed E-state index contributed by atoms with van der Waals surface area (Å²) >= 11 is 5.65. The number of rotatable bonds is 7. The molecule has 0 saturated heterocycles. The fraction of sp³-hybridized carbons (Fsp3) is 0.571. The minimum atomic E-state index is -4.07. The number of hydrogen-bond acceptors (Lipinski definition) is 1. The molecule has 1 nitrogen and oxygen atoms in total. The van der Waals surface area contributed by atoms with E-state index in [2.05, 4.69) is 43.8 Å². The second-order valence-electron chi connectivity index (χ2n) is 4.68. The molecule has 0 aromatic heterocycles. The van der Waals surface area contributed by atoms with Gasteiger partial charge in [0.1, 0.15) is 0 Å². The van der Waals surface area contributed by atoms with Gasteiger partial charge in [0.2, 0.25) is 0 Å². The van der Waals surface area contributed by atoms with Gasteiger partial charge in [0, 0.05) is 20.5 Å². The van der Waals surface area contributed by atoms with Gasteiger partial charge in [-0.05, 0) is 72.2 Å². The van der Waals surface area contributed by atoms with Crippen molar-refractivity contribution in [3.05, 3.63) is 31.8 Å². The van der Waals surface area contributed by atoms with Gasteiger partial charge in [0.25, 0.3) is 0 Å². The molecule has 1 rings (SSSR count). The Balaban J connectivity index is 2.75. The third-order valence-corrected chi connectivity index (χ3v) is 4.40. The summed E-state index contributed by atoms with van der Waals surface area (Å²) in [6.07, 6.45) is -3.19. The van der Waals surface area contributed by atoms with Crippen molar-refractivity contribution in [2.75, 3.05) is 6.54 Å². The molecule has 0 heterocycles. The second-order valence-corrected chi connectivity index (χ2v) is 6.76. The Kier molecular flexibility index (Phi) is 7.82. The zero-order chi connectivity index (χ0) is 15.2. The summed E-state index contributed by atoms with van der Waals surface area (Å²) in [5.74, 6) is 0. The molecule has 0 amide bonds. The van der Waals surface area contributed by atoms with E-state index >= 15 is 0 Å². The molecule has 1 atom stereocenters. The highest BCUT2D eigenvalue weighted by atomic mass is 127. The van der Waals surface area contributed by atoms with Crippen molar-refractivity contribution in [3.8, 4) is 0 Å². The maximum absolute atomic E-state index is 12.3.